The van der Waals surface area contributed by atoms with Crippen LogP contribution in [0.1, 0.15) is 11.1 Å². The number of aromatic amines is 1. The molecule has 0 unspecified atom stereocenters. The highest BCUT2D eigenvalue weighted by atomic mass is 35.5. The summed E-state index contributed by atoms with van der Waals surface area (Å²) in [5, 5.41) is 3.49. The van der Waals surface area contributed by atoms with E-state index in [1.807, 2.05) is 72.9 Å². The number of hydrogen-bond donors (Lipinski definition) is 2. The van der Waals surface area contributed by atoms with Gasteiger partial charge in [0.2, 0.25) is 5.91 Å². The minimum absolute atomic E-state index is 0.177. The van der Waals surface area contributed by atoms with Crippen LogP contribution in [0.5, 0.6) is 5.75 Å². The highest BCUT2D eigenvalue weighted by molar-refractivity contribution is 6.32. The van der Waals surface area contributed by atoms with Gasteiger partial charge in [-0.05, 0) is 53.1 Å². The molecule has 0 bridgehead atoms. The second-order valence-corrected chi connectivity index (χ2v) is 7.55. The largest absolute Gasteiger partial charge is 0.497 e. The van der Waals surface area contributed by atoms with E-state index in [0.29, 0.717) is 11.6 Å². The van der Waals surface area contributed by atoms with Crippen molar-refractivity contribution >= 4 is 23.6 Å². The normalized spacial score (nSPS) is 10.9. The van der Waals surface area contributed by atoms with Crippen molar-refractivity contribution < 1.29 is 9.53 Å². The molecule has 6 heteroatoms. The Morgan fingerprint density at radius 3 is 2.47 bits per heavy atom. The van der Waals surface area contributed by atoms with Gasteiger partial charge in [-0.25, -0.2) is 4.98 Å². The monoisotopic (exact) mass is 443 g/mol. The number of amides is 1. The molecule has 0 fully saturated rings. The molecule has 1 amide bonds. The SMILES string of the molecule is COc1ccc(-c2cnc(-c3ccc(CNC(=O)/C=C/c4ccccc4Cl)cc3)[nH]2)cc1. The molecule has 0 aliphatic carbocycles. The summed E-state index contributed by atoms with van der Waals surface area (Å²) in [6, 6.07) is 23.1. The summed E-state index contributed by atoms with van der Waals surface area (Å²) in [6.45, 7) is 0.432. The maximum Gasteiger partial charge on any atom is 0.244 e. The molecule has 0 saturated carbocycles. The zero-order valence-corrected chi connectivity index (χ0v) is 18.3. The van der Waals surface area contributed by atoms with Gasteiger partial charge in [0.05, 0.1) is 19.0 Å². The second-order valence-electron chi connectivity index (χ2n) is 7.14. The molecule has 0 radical (unpaired) electrons. The lowest BCUT2D eigenvalue weighted by molar-refractivity contribution is -0.116. The fourth-order valence-corrected chi connectivity index (χ4v) is 3.39. The van der Waals surface area contributed by atoms with Crippen LogP contribution < -0.4 is 10.1 Å². The highest BCUT2D eigenvalue weighted by Gasteiger charge is 2.06. The number of H-pyrrole nitrogens is 1. The minimum Gasteiger partial charge on any atom is -0.497 e. The lowest BCUT2D eigenvalue weighted by atomic mass is 10.1. The Kier molecular flexibility index (Phi) is 6.68. The first-order valence-corrected chi connectivity index (χ1v) is 10.5. The van der Waals surface area contributed by atoms with Crippen molar-refractivity contribution in [3.63, 3.8) is 0 Å². The molecule has 32 heavy (non-hydrogen) atoms. The van der Waals surface area contributed by atoms with E-state index in [-0.39, 0.29) is 5.91 Å². The third-order valence-corrected chi connectivity index (χ3v) is 5.33. The Morgan fingerprint density at radius 1 is 1.03 bits per heavy atom. The summed E-state index contributed by atoms with van der Waals surface area (Å²) in [4.78, 5) is 19.9. The van der Waals surface area contributed by atoms with Gasteiger partial charge in [-0.1, -0.05) is 54.1 Å². The van der Waals surface area contributed by atoms with Gasteiger partial charge in [0.25, 0.3) is 0 Å². The van der Waals surface area contributed by atoms with E-state index >= 15 is 0 Å². The molecule has 0 saturated heterocycles. The topological polar surface area (TPSA) is 67.0 Å². The lowest BCUT2D eigenvalue weighted by Gasteiger charge is -2.04. The number of nitrogens with zero attached hydrogens (tertiary/aromatic N) is 1. The first-order valence-electron chi connectivity index (χ1n) is 10.1. The van der Waals surface area contributed by atoms with Crippen LogP contribution in [0.2, 0.25) is 5.02 Å². The van der Waals surface area contributed by atoms with Crippen LogP contribution >= 0.6 is 11.6 Å². The van der Waals surface area contributed by atoms with Crippen LogP contribution in [0.4, 0.5) is 0 Å². The Labute approximate surface area is 191 Å². The molecule has 2 N–H and O–H groups in total. The fourth-order valence-electron chi connectivity index (χ4n) is 3.19. The Hall–Kier alpha value is -3.83. The molecular weight excluding hydrogens is 422 g/mol. The number of carbonyl (C=O) groups is 1. The maximum absolute atomic E-state index is 12.1. The van der Waals surface area contributed by atoms with Crippen molar-refractivity contribution in [2.24, 2.45) is 0 Å². The molecule has 5 nitrogen and oxygen atoms in total. The van der Waals surface area contributed by atoms with Crippen molar-refractivity contribution in [3.05, 3.63) is 101 Å². The van der Waals surface area contributed by atoms with E-state index in [2.05, 4.69) is 15.3 Å². The summed E-state index contributed by atoms with van der Waals surface area (Å²) < 4.78 is 5.20. The third-order valence-electron chi connectivity index (χ3n) is 4.99. The van der Waals surface area contributed by atoms with E-state index in [9.17, 15) is 4.79 Å². The van der Waals surface area contributed by atoms with Crippen molar-refractivity contribution in [1.82, 2.24) is 15.3 Å². The van der Waals surface area contributed by atoms with Gasteiger partial charge in [-0.2, -0.15) is 0 Å². The Bertz CT molecular complexity index is 1230. The first-order chi connectivity index (χ1) is 15.6. The van der Waals surface area contributed by atoms with Gasteiger partial charge < -0.3 is 15.0 Å². The van der Waals surface area contributed by atoms with Crippen LogP contribution in [0.3, 0.4) is 0 Å². The van der Waals surface area contributed by atoms with Crippen LogP contribution in [0.25, 0.3) is 28.7 Å². The Morgan fingerprint density at radius 2 is 1.75 bits per heavy atom. The third kappa shape index (κ3) is 5.25. The predicted molar refractivity (Wildman–Crippen MR) is 128 cm³/mol. The van der Waals surface area contributed by atoms with Crippen LogP contribution in [-0.2, 0) is 11.3 Å². The van der Waals surface area contributed by atoms with E-state index < -0.39 is 0 Å². The molecule has 4 aromatic rings. The number of nitrogens with one attached hydrogen (secondary N) is 2. The van der Waals surface area contributed by atoms with Gasteiger partial charge in [0.1, 0.15) is 11.6 Å². The number of halogens is 1. The average Bonchev–Trinajstić information content (AvgIpc) is 3.33. The first kappa shape index (κ1) is 21.4. The lowest BCUT2D eigenvalue weighted by Crippen LogP contribution is -2.20. The number of imidazole rings is 1. The van der Waals surface area contributed by atoms with E-state index in [4.69, 9.17) is 16.3 Å². The summed E-state index contributed by atoms with van der Waals surface area (Å²) >= 11 is 6.10. The standard InChI is InChI=1S/C26H22ClN3O2/c1-32-22-13-10-20(11-14-22)24-17-29-26(30-24)21-8-6-18(7-9-21)16-28-25(31)15-12-19-4-2-3-5-23(19)27/h2-15,17H,16H2,1H3,(H,28,31)(H,29,30)/b15-12+. The summed E-state index contributed by atoms with van der Waals surface area (Å²) in [5.41, 5.74) is 4.74. The van der Waals surface area contributed by atoms with Crippen molar-refractivity contribution in [1.29, 1.82) is 0 Å². The summed E-state index contributed by atoms with van der Waals surface area (Å²) in [6.07, 6.45) is 5.01. The number of benzene rings is 3. The minimum atomic E-state index is -0.177. The molecule has 1 heterocycles. The van der Waals surface area contributed by atoms with E-state index in [0.717, 1.165) is 39.5 Å². The maximum atomic E-state index is 12.1. The molecule has 1 aromatic heterocycles. The average molecular weight is 444 g/mol. The smallest absolute Gasteiger partial charge is 0.244 e. The molecular formula is C26H22ClN3O2. The number of aromatic nitrogens is 2. The summed E-state index contributed by atoms with van der Waals surface area (Å²) in [7, 11) is 1.65. The zero-order valence-electron chi connectivity index (χ0n) is 17.5. The molecule has 0 aliphatic heterocycles. The van der Waals surface area contributed by atoms with Crippen LogP contribution in [-0.4, -0.2) is 23.0 Å². The van der Waals surface area contributed by atoms with Crippen molar-refractivity contribution in [2.75, 3.05) is 7.11 Å². The Balaban J connectivity index is 1.35. The molecule has 4 rings (SSSR count). The molecule has 0 spiro atoms. The predicted octanol–water partition coefficient (Wildman–Crippen LogP) is 5.74. The van der Waals surface area contributed by atoms with Gasteiger partial charge >= 0.3 is 0 Å². The molecule has 160 valence electrons. The second kappa shape index (κ2) is 9.98. The zero-order chi connectivity index (χ0) is 22.3. The number of hydrogen-bond acceptors (Lipinski definition) is 3. The quantitative estimate of drug-likeness (QED) is 0.358. The number of methoxy groups -OCH3 is 1. The van der Waals surface area contributed by atoms with Gasteiger partial charge in [0.15, 0.2) is 0 Å². The van der Waals surface area contributed by atoms with Crippen LogP contribution in [0, 0.1) is 0 Å². The van der Waals surface area contributed by atoms with E-state index in [1.54, 1.807) is 19.3 Å². The number of rotatable bonds is 7. The fraction of sp³-hybridized carbons (Fsp3) is 0.0769. The van der Waals surface area contributed by atoms with Crippen molar-refractivity contribution in [3.8, 4) is 28.4 Å². The highest BCUT2D eigenvalue weighted by Crippen LogP contribution is 2.24. The van der Waals surface area contributed by atoms with Gasteiger partial charge in [-0.3, -0.25) is 4.79 Å². The molecule has 3 aromatic carbocycles. The van der Waals surface area contributed by atoms with Gasteiger partial charge in [-0.15, -0.1) is 0 Å². The van der Waals surface area contributed by atoms with E-state index in [1.165, 1.54) is 6.08 Å². The summed E-state index contributed by atoms with van der Waals surface area (Å²) in [5.74, 6) is 1.42. The number of carbonyl (C=O) groups excluding carboxylic acids is 1. The van der Waals surface area contributed by atoms with Crippen LogP contribution in [0.15, 0.2) is 85.1 Å². The van der Waals surface area contributed by atoms with Gasteiger partial charge in [0, 0.05) is 23.2 Å². The van der Waals surface area contributed by atoms with Crippen molar-refractivity contribution in [2.45, 2.75) is 6.54 Å². The molecule has 0 atom stereocenters. The number of ether oxygens (including phenoxy) is 1. The molecule has 0 aliphatic rings.